The summed E-state index contributed by atoms with van der Waals surface area (Å²) in [6.45, 7) is 2.93. The van der Waals surface area contributed by atoms with Gasteiger partial charge in [0.05, 0.1) is 6.42 Å². The third-order valence-corrected chi connectivity index (χ3v) is 4.44. The molecule has 0 aromatic heterocycles. The number of urea groups is 1. The number of imide groups is 1. The number of rotatable bonds is 3. The fraction of sp³-hybridized carbons (Fsp3) is 0.375. The summed E-state index contributed by atoms with van der Waals surface area (Å²) in [5.74, 6) is -0.840. The number of likely N-dealkylation sites (N-methyl/N-ethyl adjacent to an activating group) is 1. The Bertz CT molecular complexity index is 771. The topological polar surface area (TPSA) is 98.8 Å². The van der Waals surface area contributed by atoms with Crippen molar-refractivity contribution in [2.75, 3.05) is 23.8 Å². The number of nitrogens with one attached hydrogen (secondary N) is 2. The summed E-state index contributed by atoms with van der Waals surface area (Å²) in [5.41, 5.74) is 1.14. The molecule has 0 radical (unpaired) electrons. The summed E-state index contributed by atoms with van der Waals surface area (Å²) >= 11 is 0. The van der Waals surface area contributed by atoms with Crippen LogP contribution in [0, 0.1) is 0 Å². The Labute approximate surface area is 138 Å². The maximum Gasteiger partial charge on any atom is 0.325 e. The molecule has 0 saturated carbocycles. The van der Waals surface area contributed by atoms with Gasteiger partial charge in [0.15, 0.2) is 0 Å². The molecule has 5 amide bonds. The van der Waals surface area contributed by atoms with Gasteiger partial charge in [0.25, 0.3) is 5.91 Å². The van der Waals surface area contributed by atoms with Crippen LogP contribution in [0.5, 0.6) is 0 Å². The number of benzene rings is 1. The van der Waals surface area contributed by atoms with E-state index in [1.807, 2.05) is 0 Å². The zero-order valence-corrected chi connectivity index (χ0v) is 13.7. The lowest BCUT2D eigenvalue weighted by Crippen LogP contribution is -2.47. The highest BCUT2D eigenvalue weighted by Crippen LogP contribution is 2.30. The van der Waals surface area contributed by atoms with Gasteiger partial charge in [-0.25, -0.2) is 4.79 Å². The summed E-state index contributed by atoms with van der Waals surface area (Å²) < 4.78 is 0. The molecule has 1 saturated heterocycles. The Morgan fingerprint density at radius 1 is 1.29 bits per heavy atom. The van der Waals surface area contributed by atoms with E-state index in [4.69, 9.17) is 0 Å². The van der Waals surface area contributed by atoms with Crippen molar-refractivity contribution in [1.29, 1.82) is 0 Å². The molecule has 0 spiro atoms. The maximum absolute atomic E-state index is 12.2. The number of amides is 5. The molecule has 1 aromatic rings. The van der Waals surface area contributed by atoms with Gasteiger partial charge in [0.2, 0.25) is 11.8 Å². The number of nitrogens with zero attached hydrogens (tertiary/aromatic N) is 2. The molecule has 3 rings (SSSR count). The Morgan fingerprint density at radius 3 is 2.62 bits per heavy atom. The van der Waals surface area contributed by atoms with Crippen LogP contribution in [-0.2, 0) is 20.8 Å². The van der Waals surface area contributed by atoms with Crippen LogP contribution in [0.4, 0.5) is 16.2 Å². The van der Waals surface area contributed by atoms with Crippen LogP contribution in [0.3, 0.4) is 0 Å². The van der Waals surface area contributed by atoms with E-state index < -0.39 is 23.4 Å². The molecule has 8 nitrogen and oxygen atoms in total. The van der Waals surface area contributed by atoms with Crippen molar-refractivity contribution in [1.82, 2.24) is 10.2 Å². The normalized spacial score (nSPS) is 18.7. The van der Waals surface area contributed by atoms with E-state index in [2.05, 4.69) is 10.6 Å². The van der Waals surface area contributed by atoms with Gasteiger partial charge in [-0.05, 0) is 37.6 Å². The Hall–Kier alpha value is -2.90. The predicted molar refractivity (Wildman–Crippen MR) is 86.5 cm³/mol. The van der Waals surface area contributed by atoms with Crippen molar-refractivity contribution >= 4 is 35.1 Å². The van der Waals surface area contributed by atoms with Gasteiger partial charge < -0.3 is 15.1 Å². The van der Waals surface area contributed by atoms with Gasteiger partial charge in [-0.15, -0.1) is 0 Å². The first-order valence-electron chi connectivity index (χ1n) is 7.52. The van der Waals surface area contributed by atoms with Crippen LogP contribution in [-0.4, -0.2) is 47.8 Å². The molecule has 2 aliphatic rings. The smallest absolute Gasteiger partial charge is 0.325 e. The van der Waals surface area contributed by atoms with Crippen LogP contribution in [0.25, 0.3) is 0 Å². The first-order chi connectivity index (χ1) is 11.2. The summed E-state index contributed by atoms with van der Waals surface area (Å²) in [4.78, 5) is 50.2. The molecular formula is C16H18N4O4. The second-order valence-electron chi connectivity index (χ2n) is 6.43. The minimum atomic E-state index is -1.07. The summed E-state index contributed by atoms with van der Waals surface area (Å²) in [5, 5.41) is 4.89. The van der Waals surface area contributed by atoms with E-state index >= 15 is 0 Å². The van der Waals surface area contributed by atoms with E-state index in [9.17, 15) is 19.2 Å². The zero-order chi connectivity index (χ0) is 17.6. The van der Waals surface area contributed by atoms with Crippen LogP contribution in [0.1, 0.15) is 19.4 Å². The monoisotopic (exact) mass is 330 g/mol. The third-order valence-electron chi connectivity index (χ3n) is 4.44. The second kappa shape index (κ2) is 5.33. The van der Waals surface area contributed by atoms with Crippen LogP contribution in [0.15, 0.2) is 18.2 Å². The van der Waals surface area contributed by atoms with Crippen LogP contribution >= 0.6 is 0 Å². The maximum atomic E-state index is 12.2. The van der Waals surface area contributed by atoms with Crippen molar-refractivity contribution < 1.29 is 19.2 Å². The Balaban J connectivity index is 1.70. The molecule has 2 heterocycles. The lowest BCUT2D eigenvalue weighted by Gasteiger charge is -2.27. The van der Waals surface area contributed by atoms with Crippen molar-refractivity contribution in [2.24, 2.45) is 0 Å². The highest BCUT2D eigenvalue weighted by molar-refractivity contribution is 6.08. The molecule has 1 fully saturated rings. The van der Waals surface area contributed by atoms with E-state index in [1.165, 1.54) is 4.90 Å². The van der Waals surface area contributed by atoms with Crippen molar-refractivity contribution in [3.8, 4) is 0 Å². The summed E-state index contributed by atoms with van der Waals surface area (Å²) in [7, 11) is 1.71. The molecule has 0 aliphatic carbocycles. The predicted octanol–water partition coefficient (Wildman–Crippen LogP) is 0.474. The lowest BCUT2D eigenvalue weighted by molar-refractivity contribution is -0.126. The molecule has 2 aliphatic heterocycles. The standard InChI is InChI=1S/C16H18N4O4/c1-16(2)14(23)18-15(24)20(16)8-12(21)17-10-4-5-11-9(6-10)7-13(22)19(11)3/h4-6H,7-8H2,1-3H3,(H,17,21)(H,18,23,24). The average molecular weight is 330 g/mol. The minimum absolute atomic E-state index is 0.00229. The van der Waals surface area contributed by atoms with E-state index in [0.29, 0.717) is 12.1 Å². The van der Waals surface area contributed by atoms with E-state index in [0.717, 1.165) is 11.3 Å². The number of anilines is 2. The minimum Gasteiger partial charge on any atom is -0.325 e. The summed E-state index contributed by atoms with van der Waals surface area (Å²) in [6, 6.07) is 4.63. The van der Waals surface area contributed by atoms with E-state index in [1.54, 1.807) is 44.0 Å². The Morgan fingerprint density at radius 2 is 2.00 bits per heavy atom. The van der Waals surface area contributed by atoms with E-state index in [-0.39, 0.29) is 12.5 Å². The number of carbonyl (C=O) groups is 4. The number of fused-ring (bicyclic) bond motifs is 1. The van der Waals surface area contributed by atoms with Gasteiger partial charge in [-0.3, -0.25) is 19.7 Å². The molecule has 1 aromatic carbocycles. The fourth-order valence-electron chi connectivity index (χ4n) is 2.86. The molecular weight excluding hydrogens is 312 g/mol. The molecule has 126 valence electrons. The molecule has 0 unspecified atom stereocenters. The highest BCUT2D eigenvalue weighted by Gasteiger charge is 2.46. The fourth-order valence-corrected chi connectivity index (χ4v) is 2.86. The number of hydrogen-bond donors (Lipinski definition) is 2. The largest absolute Gasteiger partial charge is 0.325 e. The lowest BCUT2D eigenvalue weighted by atomic mass is 10.0. The highest BCUT2D eigenvalue weighted by atomic mass is 16.2. The number of hydrogen-bond acceptors (Lipinski definition) is 4. The second-order valence-corrected chi connectivity index (χ2v) is 6.43. The van der Waals surface area contributed by atoms with Gasteiger partial charge in [0.1, 0.15) is 12.1 Å². The van der Waals surface area contributed by atoms with Gasteiger partial charge in [0, 0.05) is 18.4 Å². The number of carbonyl (C=O) groups excluding carboxylic acids is 4. The Kier molecular flexibility index (Phi) is 3.55. The molecule has 0 bridgehead atoms. The molecule has 2 N–H and O–H groups in total. The average Bonchev–Trinajstić information content (AvgIpc) is 2.87. The molecule has 8 heteroatoms. The quantitative estimate of drug-likeness (QED) is 0.787. The van der Waals surface area contributed by atoms with Gasteiger partial charge in [-0.1, -0.05) is 0 Å². The van der Waals surface area contributed by atoms with Crippen molar-refractivity contribution in [3.05, 3.63) is 23.8 Å². The van der Waals surface area contributed by atoms with Crippen LogP contribution in [0.2, 0.25) is 0 Å². The van der Waals surface area contributed by atoms with Crippen LogP contribution < -0.4 is 15.5 Å². The first-order valence-corrected chi connectivity index (χ1v) is 7.52. The van der Waals surface area contributed by atoms with Crippen molar-refractivity contribution in [3.63, 3.8) is 0 Å². The third kappa shape index (κ3) is 2.49. The first kappa shape index (κ1) is 16.0. The van der Waals surface area contributed by atoms with Crippen molar-refractivity contribution in [2.45, 2.75) is 25.8 Å². The molecule has 0 atom stereocenters. The van der Waals surface area contributed by atoms with Gasteiger partial charge >= 0.3 is 6.03 Å². The molecule has 24 heavy (non-hydrogen) atoms. The summed E-state index contributed by atoms with van der Waals surface area (Å²) in [6.07, 6.45) is 0.297. The van der Waals surface area contributed by atoms with Gasteiger partial charge in [-0.2, -0.15) is 0 Å². The SMILES string of the molecule is CN1C(=O)Cc2cc(NC(=O)CN3C(=O)NC(=O)C3(C)C)ccc21. The zero-order valence-electron chi connectivity index (χ0n) is 13.7.